The molecule has 1 aromatic heterocycles. The fourth-order valence-electron chi connectivity index (χ4n) is 2.22. The van der Waals surface area contributed by atoms with Crippen molar-refractivity contribution < 1.29 is 19.7 Å². The number of benzene rings is 1. The lowest BCUT2D eigenvalue weighted by Crippen LogP contribution is -2.38. The van der Waals surface area contributed by atoms with Gasteiger partial charge in [0.2, 0.25) is 0 Å². The monoisotopic (exact) mass is 344 g/mol. The summed E-state index contributed by atoms with van der Waals surface area (Å²) in [5.41, 5.74) is 1.68. The van der Waals surface area contributed by atoms with Gasteiger partial charge in [-0.1, -0.05) is 30.3 Å². The Labute approximate surface area is 147 Å². The molecule has 6 nitrogen and oxygen atoms in total. The molecule has 1 heterocycles. The lowest BCUT2D eigenvalue weighted by Gasteiger charge is -2.22. The van der Waals surface area contributed by atoms with Crippen LogP contribution in [-0.2, 0) is 4.74 Å². The Balaban J connectivity index is 1.93. The molecule has 0 aliphatic rings. The number of hydrogen-bond acceptors (Lipinski definition) is 5. The van der Waals surface area contributed by atoms with E-state index in [1.54, 1.807) is 39.1 Å². The van der Waals surface area contributed by atoms with Gasteiger partial charge in [-0.3, -0.25) is 4.98 Å². The first kappa shape index (κ1) is 18.9. The van der Waals surface area contributed by atoms with Gasteiger partial charge in [0.15, 0.2) is 0 Å². The zero-order chi connectivity index (χ0) is 18.4. The molecule has 3 N–H and O–H groups in total. The molecular formula is C19H24N2O4. The highest BCUT2D eigenvalue weighted by Gasteiger charge is 2.21. The quantitative estimate of drug-likeness (QED) is 0.776. The molecule has 0 aliphatic heterocycles. The average molecular weight is 344 g/mol. The van der Waals surface area contributed by atoms with Crippen molar-refractivity contribution in [3.8, 4) is 11.3 Å². The number of carbonyl (C=O) groups excluding carboxylic acids is 1. The molecule has 0 saturated heterocycles. The van der Waals surface area contributed by atoms with Gasteiger partial charge in [0.05, 0.1) is 5.69 Å². The van der Waals surface area contributed by atoms with Gasteiger partial charge in [-0.15, -0.1) is 0 Å². The molecule has 2 rings (SSSR count). The standard InChI is InChI=1S/C19H24N2O4/c1-19(2,3)25-18(24)21-12-16(22)17(23)14-9-7-13(8-10-14)15-6-4-5-11-20-15/h4-11,16-17,22-23H,12H2,1-3H3,(H,21,24). The van der Waals surface area contributed by atoms with E-state index in [4.69, 9.17) is 4.74 Å². The minimum atomic E-state index is -1.15. The number of alkyl carbamates (subject to hydrolysis) is 1. The van der Waals surface area contributed by atoms with Crippen LogP contribution in [0.1, 0.15) is 32.4 Å². The molecular weight excluding hydrogens is 320 g/mol. The SMILES string of the molecule is CC(C)(C)OC(=O)NCC(O)C(O)c1ccc(-c2ccccn2)cc1. The molecule has 25 heavy (non-hydrogen) atoms. The first-order valence-corrected chi connectivity index (χ1v) is 8.10. The molecule has 0 spiro atoms. The Morgan fingerprint density at radius 3 is 2.40 bits per heavy atom. The van der Waals surface area contributed by atoms with E-state index in [1.807, 2.05) is 30.3 Å². The molecule has 1 aromatic carbocycles. The summed E-state index contributed by atoms with van der Waals surface area (Å²) in [5, 5.41) is 22.8. The molecule has 6 heteroatoms. The number of carbonyl (C=O) groups is 1. The molecule has 1 amide bonds. The third-order valence-electron chi connectivity index (χ3n) is 3.43. The summed E-state index contributed by atoms with van der Waals surface area (Å²) < 4.78 is 5.09. The number of nitrogens with one attached hydrogen (secondary N) is 1. The summed E-state index contributed by atoms with van der Waals surface area (Å²) in [6.45, 7) is 5.14. The second-order valence-corrected chi connectivity index (χ2v) is 6.73. The van der Waals surface area contributed by atoms with E-state index in [-0.39, 0.29) is 6.54 Å². The van der Waals surface area contributed by atoms with Crippen LogP contribution in [0, 0.1) is 0 Å². The molecule has 0 aliphatic carbocycles. The Morgan fingerprint density at radius 1 is 1.16 bits per heavy atom. The van der Waals surface area contributed by atoms with E-state index in [0.29, 0.717) is 5.56 Å². The van der Waals surface area contributed by atoms with E-state index in [1.165, 1.54) is 0 Å². The molecule has 0 saturated carbocycles. The van der Waals surface area contributed by atoms with Gasteiger partial charge in [0.25, 0.3) is 0 Å². The molecule has 2 aromatic rings. The number of pyridine rings is 1. The summed E-state index contributed by atoms with van der Waals surface area (Å²) in [5.74, 6) is 0. The van der Waals surface area contributed by atoms with Crippen LogP contribution < -0.4 is 5.32 Å². The number of ether oxygens (including phenoxy) is 1. The van der Waals surface area contributed by atoms with Crippen molar-refractivity contribution in [2.75, 3.05) is 6.54 Å². The van der Waals surface area contributed by atoms with E-state index < -0.39 is 23.9 Å². The van der Waals surface area contributed by atoms with Crippen molar-refractivity contribution in [2.45, 2.75) is 38.6 Å². The van der Waals surface area contributed by atoms with Crippen LogP contribution in [0.4, 0.5) is 4.79 Å². The predicted molar refractivity (Wildman–Crippen MR) is 94.9 cm³/mol. The van der Waals surface area contributed by atoms with Crippen molar-refractivity contribution in [3.05, 3.63) is 54.2 Å². The summed E-state index contributed by atoms with van der Waals surface area (Å²) in [4.78, 5) is 15.9. The van der Waals surface area contributed by atoms with Crippen LogP contribution in [0.15, 0.2) is 48.7 Å². The van der Waals surface area contributed by atoms with E-state index >= 15 is 0 Å². The summed E-state index contributed by atoms with van der Waals surface area (Å²) in [7, 11) is 0. The zero-order valence-electron chi connectivity index (χ0n) is 14.6. The molecule has 0 fully saturated rings. The normalized spacial score (nSPS) is 13.8. The predicted octanol–water partition coefficient (Wildman–Crippen LogP) is 2.67. The highest BCUT2D eigenvalue weighted by atomic mass is 16.6. The molecule has 134 valence electrons. The number of hydrogen-bond donors (Lipinski definition) is 3. The van der Waals surface area contributed by atoms with Gasteiger partial charge >= 0.3 is 6.09 Å². The van der Waals surface area contributed by atoms with E-state index in [0.717, 1.165) is 11.3 Å². The maximum Gasteiger partial charge on any atom is 0.407 e. The highest BCUT2D eigenvalue weighted by Crippen LogP contribution is 2.22. The molecule has 0 bridgehead atoms. The Kier molecular flexibility index (Phi) is 6.12. The Morgan fingerprint density at radius 2 is 1.84 bits per heavy atom. The average Bonchev–Trinajstić information content (AvgIpc) is 2.58. The maximum absolute atomic E-state index is 11.6. The van der Waals surface area contributed by atoms with Gasteiger partial charge in [0, 0.05) is 18.3 Å². The fourth-order valence-corrected chi connectivity index (χ4v) is 2.22. The number of aromatic nitrogens is 1. The third kappa shape index (κ3) is 5.85. The number of rotatable bonds is 5. The van der Waals surface area contributed by atoms with Crippen LogP contribution in [0.2, 0.25) is 0 Å². The van der Waals surface area contributed by atoms with Gasteiger partial charge in [-0.05, 0) is 38.5 Å². The first-order valence-electron chi connectivity index (χ1n) is 8.10. The molecule has 2 unspecified atom stereocenters. The van der Waals surface area contributed by atoms with Crippen molar-refractivity contribution in [3.63, 3.8) is 0 Å². The molecule has 0 radical (unpaired) electrons. The topological polar surface area (TPSA) is 91.7 Å². The molecule has 2 atom stereocenters. The van der Waals surface area contributed by atoms with Gasteiger partial charge in [-0.25, -0.2) is 4.79 Å². The highest BCUT2D eigenvalue weighted by molar-refractivity contribution is 5.67. The minimum absolute atomic E-state index is 0.113. The van der Waals surface area contributed by atoms with Crippen LogP contribution in [0.25, 0.3) is 11.3 Å². The second kappa shape index (κ2) is 8.09. The van der Waals surface area contributed by atoms with Gasteiger partial charge in [0.1, 0.15) is 17.8 Å². The number of aliphatic hydroxyl groups excluding tert-OH is 2. The fraction of sp³-hybridized carbons (Fsp3) is 0.368. The van der Waals surface area contributed by atoms with Crippen LogP contribution in [-0.4, -0.2) is 39.5 Å². The maximum atomic E-state index is 11.6. The van der Waals surface area contributed by atoms with Crippen molar-refractivity contribution in [2.24, 2.45) is 0 Å². The lowest BCUT2D eigenvalue weighted by molar-refractivity contribution is 0.0129. The van der Waals surface area contributed by atoms with E-state index in [2.05, 4.69) is 10.3 Å². The largest absolute Gasteiger partial charge is 0.444 e. The van der Waals surface area contributed by atoms with Crippen LogP contribution in [0.5, 0.6) is 0 Å². The van der Waals surface area contributed by atoms with Crippen molar-refractivity contribution in [1.29, 1.82) is 0 Å². The van der Waals surface area contributed by atoms with Crippen molar-refractivity contribution >= 4 is 6.09 Å². The Hall–Kier alpha value is -2.44. The number of nitrogens with zero attached hydrogens (tertiary/aromatic N) is 1. The number of amides is 1. The first-order chi connectivity index (χ1) is 11.8. The summed E-state index contributed by atoms with van der Waals surface area (Å²) in [6.07, 6.45) is -1.19. The van der Waals surface area contributed by atoms with E-state index in [9.17, 15) is 15.0 Å². The lowest BCUT2D eigenvalue weighted by atomic mass is 10.0. The van der Waals surface area contributed by atoms with Gasteiger partial charge in [-0.2, -0.15) is 0 Å². The summed E-state index contributed by atoms with van der Waals surface area (Å²) >= 11 is 0. The summed E-state index contributed by atoms with van der Waals surface area (Å²) in [6, 6.07) is 12.7. The van der Waals surface area contributed by atoms with Crippen LogP contribution >= 0.6 is 0 Å². The Bertz CT molecular complexity index is 681. The zero-order valence-corrected chi connectivity index (χ0v) is 14.6. The number of aliphatic hydroxyl groups is 2. The smallest absolute Gasteiger partial charge is 0.407 e. The van der Waals surface area contributed by atoms with Crippen molar-refractivity contribution in [1.82, 2.24) is 10.3 Å². The van der Waals surface area contributed by atoms with Crippen LogP contribution in [0.3, 0.4) is 0 Å². The third-order valence-corrected chi connectivity index (χ3v) is 3.43. The second-order valence-electron chi connectivity index (χ2n) is 6.73. The van der Waals surface area contributed by atoms with Gasteiger partial charge < -0.3 is 20.3 Å². The minimum Gasteiger partial charge on any atom is -0.444 e.